The maximum Gasteiger partial charge on any atom is 0.134 e. The minimum Gasteiger partial charge on any atom is -0.497 e. The van der Waals surface area contributed by atoms with Gasteiger partial charge in [-0.05, 0) is 42.0 Å². The number of fused-ring (bicyclic) bond motifs is 1. The molecule has 3 heteroatoms. The summed E-state index contributed by atoms with van der Waals surface area (Å²) in [4.78, 5) is 4.46. The van der Waals surface area contributed by atoms with Gasteiger partial charge in [0.1, 0.15) is 11.6 Å². The third-order valence-electron chi connectivity index (χ3n) is 3.74. The molecule has 1 aliphatic rings. The van der Waals surface area contributed by atoms with Crippen molar-refractivity contribution < 1.29 is 4.74 Å². The van der Waals surface area contributed by atoms with Crippen LogP contribution in [0.25, 0.3) is 10.8 Å². The number of anilines is 1. The highest BCUT2D eigenvalue weighted by Crippen LogP contribution is 2.37. The number of rotatable bonds is 4. The van der Waals surface area contributed by atoms with Gasteiger partial charge < -0.3 is 10.1 Å². The highest BCUT2D eigenvalue weighted by molar-refractivity contribution is 5.92. The fourth-order valence-electron chi connectivity index (χ4n) is 2.45. The number of hydrogen-bond acceptors (Lipinski definition) is 3. The predicted octanol–water partition coefficient (Wildman–Crippen LogP) is 3.45. The van der Waals surface area contributed by atoms with Gasteiger partial charge in [0.15, 0.2) is 0 Å². The zero-order valence-electron chi connectivity index (χ0n) is 10.8. The van der Waals surface area contributed by atoms with Crippen LogP contribution in [0.5, 0.6) is 5.75 Å². The van der Waals surface area contributed by atoms with Crippen molar-refractivity contribution in [3.05, 3.63) is 30.5 Å². The summed E-state index contributed by atoms with van der Waals surface area (Å²) in [6, 6.07) is 8.74. The van der Waals surface area contributed by atoms with Crippen LogP contribution in [0.2, 0.25) is 0 Å². The van der Waals surface area contributed by atoms with Gasteiger partial charge in [-0.3, -0.25) is 0 Å². The minimum absolute atomic E-state index is 0.607. The number of pyridine rings is 1. The third kappa shape index (κ3) is 2.01. The summed E-state index contributed by atoms with van der Waals surface area (Å²) in [5, 5.41) is 5.88. The minimum atomic E-state index is 0.607. The molecule has 94 valence electrons. The van der Waals surface area contributed by atoms with E-state index in [1.807, 2.05) is 24.4 Å². The number of hydrogen-bond donors (Lipinski definition) is 1. The first-order valence-corrected chi connectivity index (χ1v) is 6.51. The van der Waals surface area contributed by atoms with Gasteiger partial charge >= 0.3 is 0 Å². The molecule has 1 aromatic carbocycles. The van der Waals surface area contributed by atoms with E-state index in [4.69, 9.17) is 4.74 Å². The van der Waals surface area contributed by atoms with Gasteiger partial charge in [-0.2, -0.15) is 0 Å². The van der Waals surface area contributed by atoms with Crippen LogP contribution in [0.4, 0.5) is 5.82 Å². The predicted molar refractivity (Wildman–Crippen MR) is 74.1 cm³/mol. The van der Waals surface area contributed by atoms with Crippen molar-refractivity contribution in [2.24, 2.45) is 5.92 Å². The van der Waals surface area contributed by atoms with Gasteiger partial charge in [0.05, 0.1) is 7.11 Å². The molecule has 1 aliphatic carbocycles. The second kappa shape index (κ2) is 4.48. The number of nitrogens with zero attached hydrogens (tertiary/aromatic N) is 1. The Balaban J connectivity index is 1.92. The van der Waals surface area contributed by atoms with Crippen molar-refractivity contribution in [2.45, 2.75) is 25.8 Å². The largest absolute Gasteiger partial charge is 0.497 e. The Bertz CT molecular complexity index is 567. The standard InChI is InChI=1S/C15H18N2O/c1-3-10-9-14(10)17-15-13-5-4-12(18-2)8-11(13)6-7-16-15/h4-8,10,14H,3,9H2,1-2H3,(H,16,17). The summed E-state index contributed by atoms with van der Waals surface area (Å²) in [6.07, 6.45) is 4.37. The second-order valence-corrected chi connectivity index (χ2v) is 4.90. The summed E-state index contributed by atoms with van der Waals surface area (Å²) < 4.78 is 5.25. The molecule has 1 saturated carbocycles. The quantitative estimate of drug-likeness (QED) is 0.891. The SMILES string of the molecule is CCC1CC1Nc1nccc2cc(OC)ccc12. The molecule has 1 fully saturated rings. The average Bonchev–Trinajstić information content (AvgIpc) is 3.17. The van der Waals surface area contributed by atoms with Crippen molar-refractivity contribution in [3.8, 4) is 5.75 Å². The van der Waals surface area contributed by atoms with Crippen molar-refractivity contribution in [1.82, 2.24) is 4.98 Å². The molecule has 1 heterocycles. The maximum absolute atomic E-state index is 5.25. The average molecular weight is 242 g/mol. The van der Waals surface area contributed by atoms with E-state index in [-0.39, 0.29) is 0 Å². The highest BCUT2D eigenvalue weighted by Gasteiger charge is 2.35. The first-order valence-electron chi connectivity index (χ1n) is 6.51. The van der Waals surface area contributed by atoms with E-state index in [1.165, 1.54) is 23.6 Å². The lowest BCUT2D eigenvalue weighted by Gasteiger charge is -2.09. The fourth-order valence-corrected chi connectivity index (χ4v) is 2.45. The first kappa shape index (κ1) is 11.3. The maximum atomic E-state index is 5.25. The zero-order valence-corrected chi connectivity index (χ0v) is 10.8. The molecule has 2 atom stereocenters. The normalized spacial score (nSPS) is 21.9. The van der Waals surface area contributed by atoms with Gasteiger partial charge in [0, 0.05) is 17.6 Å². The molecule has 2 aromatic rings. The number of methoxy groups -OCH3 is 1. The lowest BCUT2D eigenvalue weighted by Crippen LogP contribution is -2.06. The summed E-state index contributed by atoms with van der Waals surface area (Å²) >= 11 is 0. The summed E-state index contributed by atoms with van der Waals surface area (Å²) in [5.74, 6) is 2.70. The van der Waals surface area contributed by atoms with Crippen molar-refractivity contribution in [2.75, 3.05) is 12.4 Å². The Hall–Kier alpha value is -1.77. The van der Waals surface area contributed by atoms with E-state index in [9.17, 15) is 0 Å². The molecule has 1 N–H and O–H groups in total. The van der Waals surface area contributed by atoms with E-state index in [2.05, 4.69) is 23.3 Å². The Morgan fingerprint density at radius 2 is 2.28 bits per heavy atom. The fraction of sp³-hybridized carbons (Fsp3) is 0.400. The third-order valence-corrected chi connectivity index (χ3v) is 3.74. The Labute approximate surface area is 107 Å². The van der Waals surface area contributed by atoms with E-state index in [0.29, 0.717) is 6.04 Å². The Morgan fingerprint density at radius 1 is 1.39 bits per heavy atom. The topological polar surface area (TPSA) is 34.2 Å². The van der Waals surface area contributed by atoms with Crippen molar-refractivity contribution >= 4 is 16.6 Å². The summed E-state index contributed by atoms with van der Waals surface area (Å²) in [7, 11) is 1.69. The van der Waals surface area contributed by atoms with Gasteiger partial charge in [0.25, 0.3) is 0 Å². The molecule has 0 spiro atoms. The molecule has 0 radical (unpaired) electrons. The van der Waals surface area contributed by atoms with Crippen LogP contribution in [-0.4, -0.2) is 18.1 Å². The lowest BCUT2D eigenvalue weighted by molar-refractivity contribution is 0.415. The van der Waals surface area contributed by atoms with Crippen LogP contribution >= 0.6 is 0 Å². The van der Waals surface area contributed by atoms with Crippen LogP contribution in [0.1, 0.15) is 19.8 Å². The molecule has 0 amide bonds. The molecule has 18 heavy (non-hydrogen) atoms. The van der Waals surface area contributed by atoms with Gasteiger partial charge in [-0.25, -0.2) is 4.98 Å². The molecular formula is C15H18N2O. The molecular weight excluding hydrogens is 224 g/mol. The van der Waals surface area contributed by atoms with Crippen molar-refractivity contribution in [1.29, 1.82) is 0 Å². The molecule has 3 nitrogen and oxygen atoms in total. The summed E-state index contributed by atoms with van der Waals surface area (Å²) in [6.45, 7) is 2.24. The van der Waals surface area contributed by atoms with E-state index >= 15 is 0 Å². The van der Waals surface area contributed by atoms with E-state index < -0.39 is 0 Å². The van der Waals surface area contributed by atoms with Gasteiger partial charge in [0.2, 0.25) is 0 Å². The Morgan fingerprint density at radius 3 is 3.00 bits per heavy atom. The van der Waals surface area contributed by atoms with Crippen LogP contribution in [0.3, 0.4) is 0 Å². The van der Waals surface area contributed by atoms with Crippen LogP contribution in [-0.2, 0) is 0 Å². The monoisotopic (exact) mass is 242 g/mol. The van der Waals surface area contributed by atoms with Gasteiger partial charge in [-0.15, -0.1) is 0 Å². The summed E-state index contributed by atoms with van der Waals surface area (Å²) in [5.41, 5.74) is 0. The molecule has 0 saturated heterocycles. The first-order chi connectivity index (χ1) is 8.81. The lowest BCUT2D eigenvalue weighted by atomic mass is 10.1. The van der Waals surface area contributed by atoms with Crippen LogP contribution in [0, 0.1) is 5.92 Å². The number of nitrogens with one attached hydrogen (secondary N) is 1. The Kier molecular flexibility index (Phi) is 2.82. The van der Waals surface area contributed by atoms with E-state index in [1.54, 1.807) is 7.11 Å². The molecule has 1 aromatic heterocycles. The molecule has 3 rings (SSSR count). The van der Waals surface area contributed by atoms with E-state index in [0.717, 1.165) is 17.5 Å². The second-order valence-electron chi connectivity index (χ2n) is 4.90. The molecule has 0 aliphatic heterocycles. The van der Waals surface area contributed by atoms with Gasteiger partial charge in [-0.1, -0.05) is 13.3 Å². The van der Waals surface area contributed by atoms with Crippen LogP contribution in [0.15, 0.2) is 30.5 Å². The highest BCUT2D eigenvalue weighted by atomic mass is 16.5. The number of benzene rings is 1. The molecule has 0 bridgehead atoms. The van der Waals surface area contributed by atoms with Crippen LogP contribution < -0.4 is 10.1 Å². The molecule has 2 unspecified atom stereocenters. The van der Waals surface area contributed by atoms with Crippen molar-refractivity contribution in [3.63, 3.8) is 0 Å². The smallest absolute Gasteiger partial charge is 0.134 e. The zero-order chi connectivity index (χ0) is 12.5. The number of ether oxygens (including phenoxy) is 1. The number of aromatic nitrogens is 1.